The van der Waals surface area contributed by atoms with Crippen LogP contribution < -0.4 is 87.4 Å². The van der Waals surface area contributed by atoms with Crippen molar-refractivity contribution < 1.29 is 73.5 Å². The lowest BCUT2D eigenvalue weighted by atomic mass is 10.2. The number of para-hydroxylation sites is 1. The number of hydrogen-bond acceptors (Lipinski definition) is 16. The lowest BCUT2D eigenvalue weighted by Crippen LogP contribution is -3.00. The van der Waals surface area contributed by atoms with Crippen molar-refractivity contribution in [3.05, 3.63) is 195 Å². The van der Waals surface area contributed by atoms with Gasteiger partial charge in [-0.2, -0.15) is 5.10 Å². The average Bonchev–Trinajstić information content (AvgIpc) is 4.08. The molecule has 0 fully saturated rings. The molecule has 9 aromatic rings. The zero-order valence-electron chi connectivity index (χ0n) is 48.0. The van der Waals surface area contributed by atoms with E-state index >= 15 is 0 Å². The largest absolute Gasteiger partial charge is 1.00 e. The lowest BCUT2D eigenvalue weighted by molar-refractivity contribution is -0.671. The van der Waals surface area contributed by atoms with E-state index in [2.05, 4.69) is 50.3 Å². The van der Waals surface area contributed by atoms with E-state index in [-0.39, 0.29) is 37.2 Å². The summed E-state index contributed by atoms with van der Waals surface area (Å²) >= 11 is 0. The van der Waals surface area contributed by atoms with Crippen LogP contribution in [0.25, 0.3) is 0 Å². The molecule has 0 amide bonds. The van der Waals surface area contributed by atoms with Crippen LogP contribution in [0, 0.1) is 0 Å². The smallest absolute Gasteiger partial charge is 0.421 e. The summed E-state index contributed by atoms with van der Waals surface area (Å²) in [7, 11) is 15.9. The van der Waals surface area contributed by atoms with Crippen LogP contribution in [0.1, 0.15) is 5.56 Å². The first kappa shape index (κ1) is 70.2. The van der Waals surface area contributed by atoms with Crippen LogP contribution in [0.4, 0.5) is 69.0 Å². The van der Waals surface area contributed by atoms with E-state index in [0.29, 0.717) is 6.26 Å². The highest BCUT2D eigenvalue weighted by Gasteiger charge is 2.12. The van der Waals surface area contributed by atoms with Gasteiger partial charge in [0.15, 0.2) is 12.4 Å². The predicted octanol–water partition coefficient (Wildman–Crippen LogP) is -1.000. The number of aromatic nitrogens is 7. The quantitative estimate of drug-likeness (QED) is 0.0319. The molecule has 0 radical (unpaired) electrons. The maximum atomic E-state index is 9.47. The van der Waals surface area contributed by atoms with Gasteiger partial charge in [0.1, 0.15) is 24.1 Å². The number of hydrogen-bond donors (Lipinski definition) is 3. The fourth-order valence-electron chi connectivity index (χ4n) is 6.64. The third kappa shape index (κ3) is 24.4. The Morgan fingerprint density at radius 3 is 1.22 bits per heavy atom. The summed E-state index contributed by atoms with van der Waals surface area (Å²) in [6, 6.07) is 44.8. The molecule has 83 heavy (non-hydrogen) atoms. The molecular formula is C56H70Cl3N19O4S. The first-order chi connectivity index (χ1) is 38.2. The van der Waals surface area contributed by atoms with Crippen molar-refractivity contribution in [2.45, 2.75) is 0 Å². The third-order valence-electron chi connectivity index (χ3n) is 11.2. The van der Waals surface area contributed by atoms with Gasteiger partial charge in [0.25, 0.3) is 10.1 Å². The number of benzene rings is 5. The number of azo groups is 3. The highest BCUT2D eigenvalue weighted by atomic mass is 35.5. The number of imidazole rings is 3. The van der Waals surface area contributed by atoms with Crippen LogP contribution in [-0.2, 0) is 63.8 Å². The van der Waals surface area contributed by atoms with Crippen LogP contribution in [-0.4, -0.2) is 55.7 Å². The fraction of sp³-hybridized carbons (Fsp3) is 0.196. The molecule has 0 spiro atoms. The van der Waals surface area contributed by atoms with E-state index in [9.17, 15) is 8.42 Å². The first-order valence-electron chi connectivity index (χ1n) is 24.6. The molecule has 0 aliphatic carbocycles. The Bertz CT molecular complexity index is 3500. The molecule has 4 heterocycles. The number of aryl methyl sites for hydroxylation is 7. The van der Waals surface area contributed by atoms with Crippen LogP contribution in [0.3, 0.4) is 0 Å². The molecule has 0 bridgehead atoms. The standard InChI is InChI=1S/C17H18N6.C14H16N3.C13H18N5.C11H13N5.CH4O4S.3ClH/c1-22-11-12-23(2)17(22)21-20-16-9-7-15(8-10-16)19-14-5-3-13(18)4-6-14;1-16-10-8-13(9-11-16)12-15-17(2)14-6-4-3-5-7-14;1-16(2)12-7-5-11(6-8-12)14-15-13-17(3)9-10-18(13)4;1-15-7-8-16(2)11(15)14-13-10-5-3-9(12)4-6-10;1-6(3,4)5-2;;;/h3-12H,1-2H3,(H2,18,20);3-12H,1-2H3;5-10H,1-4H3;3-8,12H,1-2H3;2H,1H3;3*1H/q;2*+1;;;;;/p-2. The summed E-state index contributed by atoms with van der Waals surface area (Å²) in [5.41, 5.74) is 20.5. The van der Waals surface area contributed by atoms with E-state index in [4.69, 9.17) is 16.7 Å². The van der Waals surface area contributed by atoms with Crippen LogP contribution in [0.5, 0.6) is 0 Å². The summed E-state index contributed by atoms with van der Waals surface area (Å²) in [5, 5.41) is 43.8. The summed E-state index contributed by atoms with van der Waals surface area (Å²) in [6.07, 6.45) is 18.2. The maximum Gasteiger partial charge on any atom is 0.421 e. The van der Waals surface area contributed by atoms with Gasteiger partial charge < -0.3 is 68.5 Å². The van der Waals surface area contributed by atoms with Gasteiger partial charge in [0.05, 0.1) is 97.6 Å². The third-order valence-corrected chi connectivity index (χ3v) is 11.4. The van der Waals surface area contributed by atoms with E-state index in [1.54, 1.807) is 12.1 Å². The van der Waals surface area contributed by atoms with Crippen molar-refractivity contribution in [3.8, 4) is 0 Å². The van der Waals surface area contributed by atoms with Gasteiger partial charge in [0, 0.05) is 82.6 Å². The molecule has 9 rings (SSSR count). The van der Waals surface area contributed by atoms with E-state index in [0.717, 1.165) is 74.6 Å². The zero-order chi connectivity index (χ0) is 58.2. The second-order valence-electron chi connectivity index (χ2n) is 18.0. The van der Waals surface area contributed by atoms with Crippen LogP contribution >= 0.6 is 0 Å². The number of nitrogens with two attached hydrogens (primary N) is 2. The predicted molar refractivity (Wildman–Crippen MR) is 310 cm³/mol. The number of rotatable bonds is 13. The number of nitrogens with zero attached hydrogens (tertiary/aromatic N) is 16. The summed E-state index contributed by atoms with van der Waals surface area (Å²) in [4.78, 5) is 2.05. The molecular weight excluding hydrogens is 1140 g/mol. The maximum absolute atomic E-state index is 9.47. The second kappa shape index (κ2) is 35.1. The number of nitrogens with one attached hydrogen (secondary N) is 1. The number of halogens is 3. The summed E-state index contributed by atoms with van der Waals surface area (Å²) in [6.45, 7) is 0. The second-order valence-corrected chi connectivity index (χ2v) is 19.6. The van der Waals surface area contributed by atoms with E-state index < -0.39 is 10.1 Å². The van der Waals surface area contributed by atoms with E-state index in [1.165, 1.54) is 0 Å². The number of nitrogen functional groups attached to an aromatic ring is 2. The van der Waals surface area contributed by atoms with Crippen LogP contribution in [0.2, 0.25) is 0 Å². The Kier molecular flexibility index (Phi) is 29.6. The Morgan fingerprint density at radius 1 is 0.518 bits per heavy atom. The fourth-order valence-corrected chi connectivity index (χ4v) is 6.64. The van der Waals surface area contributed by atoms with Crippen molar-refractivity contribution in [2.24, 2.45) is 85.1 Å². The molecule has 5 N–H and O–H groups in total. The highest BCUT2D eigenvalue weighted by molar-refractivity contribution is 7.85. The van der Waals surface area contributed by atoms with Crippen molar-refractivity contribution in [1.82, 2.24) is 13.7 Å². The SMILES string of the molecule is CN(C)c1ccc(N=Nc2n(C)cc[n+]2C)cc1.CN(N=Cc1cc[n+](C)cc1)c1ccccc1.CS(=O)(=O)O[O-].Cn1cc[n+](C)c1N=Nc1ccc(N)cc1.Cn1cc[n+](C)c1N=Nc1ccc(Nc2ccc(N)cc2)cc1.[Cl-].[Cl-].[Cl-]. The minimum absolute atomic E-state index is 0. The molecule has 0 aliphatic rings. The topological polar surface area (TPSA) is 254 Å². The molecule has 23 nitrogen and oxygen atoms in total. The van der Waals surface area contributed by atoms with Gasteiger partial charge >= 0.3 is 17.8 Å². The molecule has 0 atom stereocenters. The zero-order valence-corrected chi connectivity index (χ0v) is 51.0. The Hall–Kier alpha value is -8.91. The van der Waals surface area contributed by atoms with Gasteiger partial charge in [-0.3, -0.25) is 5.01 Å². The molecule has 0 aliphatic heterocycles. The minimum Gasteiger partial charge on any atom is -1.00 e. The molecule has 5 aromatic carbocycles. The van der Waals surface area contributed by atoms with Crippen molar-refractivity contribution in [1.29, 1.82) is 0 Å². The molecule has 0 saturated carbocycles. The normalized spacial score (nSPS) is 10.7. The molecule has 27 heteroatoms. The summed E-state index contributed by atoms with van der Waals surface area (Å²) < 4.78 is 35.1. The van der Waals surface area contributed by atoms with Crippen LogP contribution in [0.15, 0.2) is 225 Å². The molecule has 0 unspecified atom stereocenters. The number of pyridine rings is 1. The number of anilines is 6. The monoisotopic (exact) mass is 1210 g/mol. The highest BCUT2D eigenvalue weighted by Crippen LogP contribution is 2.23. The average molecular weight is 1210 g/mol. The first-order valence-corrected chi connectivity index (χ1v) is 26.4. The van der Waals surface area contributed by atoms with E-state index in [1.807, 2.05) is 291 Å². The molecule has 0 saturated heterocycles. The number of hydrazone groups is 1. The van der Waals surface area contributed by atoms with Gasteiger partial charge in [0.2, 0.25) is 0 Å². The Morgan fingerprint density at radius 2 is 0.867 bits per heavy atom. The Labute approximate surface area is 503 Å². The van der Waals surface area contributed by atoms with Crippen molar-refractivity contribution in [2.75, 3.05) is 54.1 Å². The van der Waals surface area contributed by atoms with Gasteiger partial charge in [-0.15, -0.1) is 0 Å². The lowest BCUT2D eigenvalue weighted by Gasteiger charge is -2.11. The molecule has 440 valence electrons. The summed E-state index contributed by atoms with van der Waals surface area (Å²) in [5.74, 6) is 2.39. The van der Waals surface area contributed by atoms with Crippen molar-refractivity contribution >= 4 is 85.4 Å². The van der Waals surface area contributed by atoms with Crippen molar-refractivity contribution in [3.63, 3.8) is 0 Å². The minimum atomic E-state index is -3.72. The molecule has 4 aromatic heterocycles. The van der Waals surface area contributed by atoms with Gasteiger partial charge in [-0.05, 0) is 109 Å². The van der Waals surface area contributed by atoms with Gasteiger partial charge in [-0.25, -0.2) is 40.4 Å². The Balaban J connectivity index is 0.000000364. The van der Waals surface area contributed by atoms with Gasteiger partial charge in [-0.1, -0.05) is 33.5 Å².